The van der Waals surface area contributed by atoms with Gasteiger partial charge in [0.05, 0.1) is 10.6 Å². The molecule has 0 aromatic carbocycles. The summed E-state index contributed by atoms with van der Waals surface area (Å²) in [5.41, 5.74) is 0.973. The van der Waals surface area contributed by atoms with Crippen LogP contribution in [-0.2, 0) is 11.2 Å². The maximum absolute atomic E-state index is 11.9. The quantitative estimate of drug-likeness (QED) is 0.839. The van der Waals surface area contributed by atoms with E-state index < -0.39 is 5.41 Å². The van der Waals surface area contributed by atoms with Gasteiger partial charge in [-0.2, -0.15) is 0 Å². The first-order valence-corrected chi connectivity index (χ1v) is 7.22. The van der Waals surface area contributed by atoms with E-state index in [-0.39, 0.29) is 17.8 Å². The van der Waals surface area contributed by atoms with Gasteiger partial charge in [-0.3, -0.25) is 9.59 Å². The predicted octanol–water partition coefficient (Wildman–Crippen LogP) is 2.76. The molecular weight excluding hydrogens is 242 g/mol. The van der Waals surface area contributed by atoms with Crippen LogP contribution in [-0.4, -0.2) is 10.8 Å². The lowest BCUT2D eigenvalue weighted by molar-refractivity contribution is -0.125. The van der Waals surface area contributed by atoms with Crippen LogP contribution in [0.1, 0.15) is 26.3 Å². The summed E-state index contributed by atoms with van der Waals surface area (Å²) in [7, 11) is 3.12. The highest BCUT2D eigenvalue weighted by atomic mass is 32.9. The molecule has 5 heteroatoms. The topological polar surface area (TPSA) is 49.9 Å². The minimum absolute atomic E-state index is 0.101. The molecule has 0 fully saturated rings. The standard InChI is InChI=1S/C11H13NO2S2/c1-11(2,3)8(13)4-6-9-7(5-15-16-9)12-10(6)14/h5H,4H2,1-3H3,(H,12,14). The number of nitrogens with one attached hydrogen (secondary N) is 1. The van der Waals surface area contributed by atoms with Crippen LogP contribution in [0.2, 0.25) is 0 Å². The van der Waals surface area contributed by atoms with Crippen molar-refractivity contribution >= 4 is 26.5 Å². The average molecular weight is 255 g/mol. The van der Waals surface area contributed by atoms with Crippen molar-refractivity contribution in [3.8, 4) is 10.6 Å². The fraction of sp³-hybridized carbons (Fsp3) is 0.455. The van der Waals surface area contributed by atoms with Gasteiger partial charge in [-0.05, 0) is 0 Å². The summed E-state index contributed by atoms with van der Waals surface area (Å²) in [6, 6.07) is 0. The number of hydrogen-bond acceptors (Lipinski definition) is 4. The molecular formula is C11H13NO2S2. The number of aromatic amines is 1. The Morgan fingerprint density at radius 3 is 2.75 bits per heavy atom. The molecule has 2 aliphatic rings. The molecule has 0 aliphatic carbocycles. The van der Waals surface area contributed by atoms with E-state index in [2.05, 4.69) is 4.98 Å². The summed E-state index contributed by atoms with van der Waals surface area (Å²) in [6.07, 6.45) is 0.232. The van der Waals surface area contributed by atoms with Crippen LogP contribution in [0.5, 0.6) is 0 Å². The van der Waals surface area contributed by atoms with Crippen molar-refractivity contribution in [2.24, 2.45) is 5.41 Å². The van der Waals surface area contributed by atoms with Gasteiger partial charge >= 0.3 is 0 Å². The summed E-state index contributed by atoms with van der Waals surface area (Å²) in [6.45, 7) is 5.63. The second-order valence-corrected chi connectivity index (χ2v) is 6.90. The van der Waals surface area contributed by atoms with Gasteiger partial charge in [-0.25, -0.2) is 0 Å². The Morgan fingerprint density at radius 2 is 2.12 bits per heavy atom. The number of fused-ring (bicyclic) bond motifs is 1. The van der Waals surface area contributed by atoms with E-state index >= 15 is 0 Å². The van der Waals surface area contributed by atoms with Gasteiger partial charge in [0.2, 0.25) is 0 Å². The van der Waals surface area contributed by atoms with Crippen molar-refractivity contribution in [1.82, 2.24) is 4.98 Å². The van der Waals surface area contributed by atoms with E-state index in [0.29, 0.717) is 5.56 Å². The summed E-state index contributed by atoms with van der Waals surface area (Å²) in [4.78, 5) is 27.3. The summed E-state index contributed by atoms with van der Waals surface area (Å²) in [5, 5.41) is 1.91. The monoisotopic (exact) mass is 255 g/mol. The number of H-pyrrole nitrogens is 1. The Kier molecular flexibility index (Phi) is 2.75. The van der Waals surface area contributed by atoms with Crippen molar-refractivity contribution in [1.29, 1.82) is 0 Å². The third kappa shape index (κ3) is 1.97. The molecule has 0 aromatic rings. The van der Waals surface area contributed by atoms with Crippen LogP contribution in [0.15, 0.2) is 10.2 Å². The number of carbonyl (C=O) groups is 1. The lowest BCUT2D eigenvalue weighted by Crippen LogP contribution is -2.24. The van der Waals surface area contributed by atoms with Crippen molar-refractivity contribution in [3.05, 3.63) is 21.3 Å². The third-order valence-corrected chi connectivity index (χ3v) is 4.65. The lowest BCUT2D eigenvalue weighted by Gasteiger charge is -2.15. The zero-order valence-electron chi connectivity index (χ0n) is 9.42. The molecule has 1 N–H and O–H groups in total. The summed E-state index contributed by atoms with van der Waals surface area (Å²) in [5.74, 6) is 0.101. The van der Waals surface area contributed by atoms with E-state index in [1.807, 2.05) is 26.2 Å². The SMILES string of the molecule is CC(C)(C)C(=O)Cc1c2sscc-2[nH]c1=O. The summed E-state index contributed by atoms with van der Waals surface area (Å²) >= 11 is 0. The molecule has 0 aromatic heterocycles. The first kappa shape index (κ1) is 11.5. The average Bonchev–Trinajstić information content (AvgIpc) is 2.68. The molecule has 0 bridgehead atoms. The van der Waals surface area contributed by atoms with Gasteiger partial charge in [0, 0.05) is 22.8 Å². The summed E-state index contributed by atoms with van der Waals surface area (Å²) < 4.78 is 0. The second kappa shape index (κ2) is 3.82. The Labute approximate surface area is 101 Å². The molecule has 16 heavy (non-hydrogen) atoms. The Morgan fingerprint density at radius 1 is 1.44 bits per heavy atom. The van der Waals surface area contributed by atoms with Gasteiger partial charge in [0.1, 0.15) is 5.78 Å². The lowest BCUT2D eigenvalue weighted by atomic mass is 9.87. The number of aromatic nitrogens is 1. The van der Waals surface area contributed by atoms with E-state index in [1.54, 1.807) is 20.7 Å². The zero-order valence-corrected chi connectivity index (χ0v) is 11.1. The third-order valence-electron chi connectivity index (χ3n) is 2.51. The van der Waals surface area contributed by atoms with Gasteiger partial charge in [0.15, 0.2) is 0 Å². The van der Waals surface area contributed by atoms with Gasteiger partial charge in [0.25, 0.3) is 5.56 Å². The van der Waals surface area contributed by atoms with Crippen LogP contribution in [0, 0.1) is 5.41 Å². The van der Waals surface area contributed by atoms with Crippen molar-refractivity contribution in [2.45, 2.75) is 27.2 Å². The molecule has 86 valence electrons. The number of hydrogen-bond donors (Lipinski definition) is 1. The molecule has 0 saturated carbocycles. The first-order chi connectivity index (χ1) is 7.39. The minimum Gasteiger partial charge on any atom is -0.320 e. The van der Waals surface area contributed by atoms with Crippen molar-refractivity contribution in [2.75, 3.05) is 0 Å². The normalized spacial score (nSPS) is 12.2. The fourth-order valence-corrected chi connectivity index (χ4v) is 3.65. The number of rotatable bonds is 2. The predicted molar refractivity (Wildman–Crippen MR) is 67.6 cm³/mol. The van der Waals surface area contributed by atoms with Gasteiger partial charge in [-0.1, -0.05) is 41.5 Å². The highest BCUT2D eigenvalue weighted by Gasteiger charge is 2.26. The largest absolute Gasteiger partial charge is 0.320 e. The van der Waals surface area contributed by atoms with E-state index in [4.69, 9.17) is 0 Å². The second-order valence-electron chi connectivity index (χ2n) is 4.82. The minimum atomic E-state index is -0.392. The van der Waals surface area contributed by atoms with Crippen LogP contribution >= 0.6 is 20.7 Å². The maximum Gasteiger partial charge on any atom is 0.253 e. The molecule has 2 rings (SSSR count). The Hall–Kier alpha value is -0.940. The smallest absolute Gasteiger partial charge is 0.253 e. The van der Waals surface area contributed by atoms with E-state index in [0.717, 1.165) is 10.6 Å². The molecule has 0 atom stereocenters. The Balaban J connectivity index is 2.35. The zero-order chi connectivity index (χ0) is 11.9. The van der Waals surface area contributed by atoms with Gasteiger partial charge in [-0.15, -0.1) is 0 Å². The molecule has 0 amide bonds. The van der Waals surface area contributed by atoms with E-state index in [1.165, 1.54) is 0 Å². The van der Waals surface area contributed by atoms with Gasteiger partial charge < -0.3 is 4.98 Å². The van der Waals surface area contributed by atoms with Crippen LogP contribution in [0.4, 0.5) is 0 Å². The highest BCUT2D eigenvalue weighted by Crippen LogP contribution is 2.33. The molecule has 0 saturated heterocycles. The molecule has 2 aliphatic heterocycles. The highest BCUT2D eigenvalue weighted by molar-refractivity contribution is 7.70. The van der Waals surface area contributed by atoms with Crippen LogP contribution < -0.4 is 5.56 Å². The molecule has 3 nitrogen and oxygen atoms in total. The first-order valence-electron chi connectivity index (χ1n) is 5.01. The maximum atomic E-state index is 11.9. The van der Waals surface area contributed by atoms with E-state index in [9.17, 15) is 9.59 Å². The number of Topliss-reactive ketones (excluding diaryl/α,β-unsaturated/α-hetero) is 1. The molecule has 0 unspecified atom stereocenters. The molecule has 2 heterocycles. The Bertz CT molecular complexity index is 541. The van der Waals surface area contributed by atoms with Crippen molar-refractivity contribution in [3.63, 3.8) is 0 Å². The number of carbonyl (C=O) groups excluding carboxylic acids is 1. The van der Waals surface area contributed by atoms with Crippen molar-refractivity contribution < 1.29 is 4.79 Å². The van der Waals surface area contributed by atoms with Crippen LogP contribution in [0.3, 0.4) is 0 Å². The molecule has 0 radical (unpaired) electrons. The molecule has 0 spiro atoms. The van der Waals surface area contributed by atoms with Crippen LogP contribution in [0.25, 0.3) is 10.6 Å². The fourth-order valence-electron chi connectivity index (χ4n) is 1.40. The number of ketones is 1.